The fourth-order valence-electron chi connectivity index (χ4n) is 2.30. The van der Waals surface area contributed by atoms with Crippen LogP contribution in [0.4, 0.5) is 5.69 Å². The number of nitrogens with one attached hydrogen (secondary N) is 2. The lowest BCUT2D eigenvalue weighted by Crippen LogP contribution is -2.28. The van der Waals surface area contributed by atoms with Crippen LogP contribution < -0.4 is 10.6 Å². The number of carbonyl (C=O) groups excluding carboxylic acids is 2. The van der Waals surface area contributed by atoms with Crippen molar-refractivity contribution >= 4 is 29.1 Å². The average molecular weight is 323 g/mol. The van der Waals surface area contributed by atoms with Crippen LogP contribution in [0.3, 0.4) is 0 Å². The molecule has 1 aliphatic rings. The van der Waals surface area contributed by atoms with Crippen molar-refractivity contribution in [3.63, 3.8) is 0 Å². The molecule has 0 aliphatic heterocycles. The number of hydrogen-bond acceptors (Lipinski definition) is 2. The summed E-state index contributed by atoms with van der Waals surface area (Å²) in [5.74, 6) is 0.0313. The van der Waals surface area contributed by atoms with E-state index in [-0.39, 0.29) is 23.7 Å². The lowest BCUT2D eigenvalue weighted by Gasteiger charge is -2.08. The fourth-order valence-corrected chi connectivity index (χ4v) is 2.48. The zero-order chi connectivity index (χ0) is 16.3. The molecule has 2 N–H and O–H groups in total. The van der Waals surface area contributed by atoms with Gasteiger partial charge in [-0.1, -0.05) is 31.5 Å². The van der Waals surface area contributed by atoms with Crippen LogP contribution in [0, 0.1) is 24.7 Å². The summed E-state index contributed by atoms with van der Waals surface area (Å²) >= 11 is 6.04. The third kappa shape index (κ3) is 4.47. The van der Waals surface area contributed by atoms with Crippen LogP contribution >= 0.6 is 11.6 Å². The molecule has 5 heteroatoms. The van der Waals surface area contributed by atoms with E-state index in [0.717, 1.165) is 12.0 Å². The number of carbonyl (C=O) groups is 2. The number of benzene rings is 1. The Kier molecular flexibility index (Phi) is 5.46. The Morgan fingerprint density at radius 1 is 1.27 bits per heavy atom. The highest BCUT2D eigenvalue weighted by molar-refractivity contribution is 6.31. The van der Waals surface area contributed by atoms with Gasteiger partial charge in [0.1, 0.15) is 0 Å². The molecule has 4 nitrogen and oxygen atoms in total. The van der Waals surface area contributed by atoms with E-state index < -0.39 is 0 Å². The quantitative estimate of drug-likeness (QED) is 0.843. The molecule has 1 aromatic rings. The Bertz CT molecular complexity index is 572. The molecule has 2 amide bonds. The first kappa shape index (κ1) is 16.8. The van der Waals surface area contributed by atoms with Crippen LogP contribution in [0.5, 0.6) is 0 Å². The summed E-state index contributed by atoms with van der Waals surface area (Å²) < 4.78 is 0. The van der Waals surface area contributed by atoms with Gasteiger partial charge in [0.15, 0.2) is 0 Å². The molecule has 0 aromatic heterocycles. The molecule has 1 saturated carbocycles. The van der Waals surface area contributed by atoms with Gasteiger partial charge in [0.2, 0.25) is 11.8 Å². The molecular formula is C17H23ClN2O2. The monoisotopic (exact) mass is 322 g/mol. The molecule has 1 aliphatic carbocycles. The number of halogens is 1. The molecule has 1 fully saturated rings. The van der Waals surface area contributed by atoms with E-state index in [1.54, 1.807) is 6.07 Å². The summed E-state index contributed by atoms with van der Waals surface area (Å²) in [6, 6.07) is 5.41. The lowest BCUT2D eigenvalue weighted by molar-refractivity contribution is -0.125. The molecule has 2 unspecified atom stereocenters. The molecule has 0 spiro atoms. The molecule has 22 heavy (non-hydrogen) atoms. The maximum Gasteiger partial charge on any atom is 0.228 e. The van der Waals surface area contributed by atoms with E-state index in [2.05, 4.69) is 24.5 Å². The van der Waals surface area contributed by atoms with Crippen LogP contribution in [0.25, 0.3) is 0 Å². The molecule has 2 rings (SSSR count). The van der Waals surface area contributed by atoms with Gasteiger partial charge in [-0.2, -0.15) is 0 Å². The van der Waals surface area contributed by atoms with E-state index in [1.807, 2.05) is 19.1 Å². The van der Waals surface area contributed by atoms with Crippen LogP contribution in [0.1, 0.15) is 32.3 Å². The highest BCUT2D eigenvalue weighted by atomic mass is 35.5. The van der Waals surface area contributed by atoms with Gasteiger partial charge in [0.25, 0.3) is 0 Å². The first-order valence-electron chi connectivity index (χ1n) is 7.73. The van der Waals surface area contributed by atoms with E-state index in [9.17, 15) is 9.59 Å². The van der Waals surface area contributed by atoms with Gasteiger partial charge in [-0.3, -0.25) is 9.59 Å². The van der Waals surface area contributed by atoms with Crippen LogP contribution in [0.15, 0.2) is 18.2 Å². The second-order valence-electron chi connectivity index (χ2n) is 6.38. The molecule has 0 bridgehead atoms. The normalized spacial score (nSPS) is 19.9. The standard InChI is InChI=1S/C17H23ClN2O2/c1-10(2)6-7-19-16(21)13-9-14(13)17(22)20-12-5-4-11(3)15(18)8-12/h4-5,8,10,13-14H,6-7,9H2,1-3H3,(H,19,21)(H,20,22). The van der Waals surface area contributed by atoms with Crippen LogP contribution in [-0.2, 0) is 9.59 Å². The zero-order valence-electron chi connectivity index (χ0n) is 13.3. The summed E-state index contributed by atoms with van der Waals surface area (Å²) in [6.07, 6.45) is 1.58. The molecule has 120 valence electrons. The Morgan fingerprint density at radius 2 is 1.95 bits per heavy atom. The Labute approximate surface area is 136 Å². The van der Waals surface area contributed by atoms with Crippen molar-refractivity contribution in [2.45, 2.75) is 33.6 Å². The fraction of sp³-hybridized carbons (Fsp3) is 0.529. The Morgan fingerprint density at radius 3 is 2.59 bits per heavy atom. The van der Waals surface area contributed by atoms with Gasteiger partial charge in [-0.15, -0.1) is 0 Å². The minimum Gasteiger partial charge on any atom is -0.356 e. The second kappa shape index (κ2) is 7.14. The SMILES string of the molecule is Cc1ccc(NC(=O)C2CC2C(=O)NCCC(C)C)cc1Cl. The first-order valence-corrected chi connectivity index (χ1v) is 8.11. The van der Waals surface area contributed by atoms with Gasteiger partial charge < -0.3 is 10.6 Å². The molecular weight excluding hydrogens is 300 g/mol. The topological polar surface area (TPSA) is 58.2 Å². The Balaban J connectivity index is 1.80. The number of hydrogen-bond donors (Lipinski definition) is 2. The van der Waals surface area contributed by atoms with Gasteiger partial charge in [-0.25, -0.2) is 0 Å². The van der Waals surface area contributed by atoms with Crippen LogP contribution in [-0.4, -0.2) is 18.4 Å². The van der Waals surface area contributed by atoms with E-state index in [1.165, 1.54) is 0 Å². The van der Waals surface area contributed by atoms with Crippen molar-refractivity contribution in [3.8, 4) is 0 Å². The molecule has 1 aromatic carbocycles. The van der Waals surface area contributed by atoms with Crippen molar-refractivity contribution in [1.29, 1.82) is 0 Å². The zero-order valence-corrected chi connectivity index (χ0v) is 14.0. The Hall–Kier alpha value is -1.55. The van der Waals surface area contributed by atoms with Gasteiger partial charge >= 0.3 is 0 Å². The third-order valence-corrected chi connectivity index (χ3v) is 4.33. The van der Waals surface area contributed by atoms with Crippen molar-refractivity contribution in [1.82, 2.24) is 5.32 Å². The summed E-state index contributed by atoms with van der Waals surface area (Å²) in [4.78, 5) is 24.1. The smallest absolute Gasteiger partial charge is 0.228 e. The summed E-state index contributed by atoms with van der Waals surface area (Å²) in [5, 5.41) is 6.35. The second-order valence-corrected chi connectivity index (χ2v) is 6.78. The predicted octanol–water partition coefficient (Wildman–Crippen LogP) is 3.39. The summed E-state index contributed by atoms with van der Waals surface area (Å²) in [5.41, 5.74) is 1.64. The van der Waals surface area contributed by atoms with Gasteiger partial charge in [0.05, 0.1) is 11.8 Å². The van der Waals surface area contributed by atoms with E-state index >= 15 is 0 Å². The predicted molar refractivity (Wildman–Crippen MR) is 88.9 cm³/mol. The minimum atomic E-state index is -0.223. The number of anilines is 1. The van der Waals surface area contributed by atoms with Crippen molar-refractivity contribution in [3.05, 3.63) is 28.8 Å². The highest BCUT2D eigenvalue weighted by Crippen LogP contribution is 2.39. The maximum atomic E-state index is 12.1. The largest absolute Gasteiger partial charge is 0.356 e. The van der Waals surface area contributed by atoms with Crippen molar-refractivity contribution < 1.29 is 9.59 Å². The van der Waals surface area contributed by atoms with Crippen LogP contribution in [0.2, 0.25) is 5.02 Å². The number of rotatable bonds is 6. The lowest BCUT2D eigenvalue weighted by atomic mass is 10.1. The summed E-state index contributed by atoms with van der Waals surface area (Å²) in [7, 11) is 0. The minimum absolute atomic E-state index is 0.0114. The van der Waals surface area contributed by atoms with Gasteiger partial charge in [0, 0.05) is 17.3 Å². The summed E-state index contributed by atoms with van der Waals surface area (Å²) in [6.45, 7) is 6.82. The third-order valence-electron chi connectivity index (χ3n) is 3.92. The molecule has 2 atom stereocenters. The highest BCUT2D eigenvalue weighted by Gasteiger charge is 2.47. The van der Waals surface area contributed by atoms with Gasteiger partial charge in [-0.05, 0) is 43.4 Å². The van der Waals surface area contributed by atoms with E-state index in [0.29, 0.717) is 29.6 Å². The van der Waals surface area contributed by atoms with E-state index in [4.69, 9.17) is 11.6 Å². The average Bonchev–Trinajstić information content (AvgIpc) is 3.23. The first-order chi connectivity index (χ1) is 10.4. The number of amides is 2. The van der Waals surface area contributed by atoms with Crippen molar-refractivity contribution in [2.75, 3.05) is 11.9 Å². The molecule has 0 saturated heterocycles. The molecule has 0 heterocycles. The number of aryl methyl sites for hydroxylation is 1. The van der Waals surface area contributed by atoms with Crippen molar-refractivity contribution in [2.24, 2.45) is 17.8 Å². The molecule has 0 radical (unpaired) electrons. The maximum absolute atomic E-state index is 12.1.